The number of aromatic nitrogens is 4. The molecule has 0 bridgehead atoms. The Morgan fingerprint density at radius 3 is 2.62 bits per heavy atom. The summed E-state index contributed by atoms with van der Waals surface area (Å²) in [5, 5.41) is 7.55. The van der Waals surface area contributed by atoms with E-state index in [-0.39, 0.29) is 39.6 Å². The molecular weight excluding hydrogens is 579 g/mol. The number of aryl methyl sites for hydroxylation is 1. The van der Waals surface area contributed by atoms with Crippen molar-refractivity contribution in [1.29, 1.82) is 0 Å². The van der Waals surface area contributed by atoms with Crippen LogP contribution in [0.25, 0.3) is 27.7 Å². The summed E-state index contributed by atoms with van der Waals surface area (Å²) in [5.41, 5.74) is 6.72. The number of nitrogens with one attached hydrogen (secondary N) is 1. The first-order chi connectivity index (χ1) is 21.3. The predicted octanol–water partition coefficient (Wildman–Crippen LogP) is 2.72. The van der Waals surface area contributed by atoms with Crippen molar-refractivity contribution >= 4 is 34.5 Å². The van der Waals surface area contributed by atoms with E-state index in [4.69, 9.17) is 5.73 Å². The van der Waals surface area contributed by atoms with E-state index >= 15 is 4.39 Å². The number of nitrogens with zero attached hydrogens (tertiary/aromatic N) is 6. The number of aldehydes is 1. The van der Waals surface area contributed by atoms with Crippen LogP contribution in [0.15, 0.2) is 69.2 Å². The molecule has 1 fully saturated rings. The molecule has 4 aromatic rings. The maximum atomic E-state index is 15.3. The second-order valence-electron chi connectivity index (χ2n) is 11.9. The number of amidine groups is 1. The van der Waals surface area contributed by atoms with Gasteiger partial charge in [0.15, 0.2) is 12.1 Å². The van der Waals surface area contributed by atoms with Gasteiger partial charge in [-0.15, -0.1) is 0 Å². The molecule has 232 valence electrons. The van der Waals surface area contributed by atoms with E-state index in [1.165, 1.54) is 49.3 Å². The topological polar surface area (TPSA) is 158 Å². The van der Waals surface area contributed by atoms with Crippen molar-refractivity contribution in [2.24, 2.45) is 17.8 Å². The number of carbonyl (C=O) groups excluding carboxylic acids is 2. The molecule has 1 amide bonds. The second-order valence-corrected chi connectivity index (χ2v) is 11.9. The van der Waals surface area contributed by atoms with Crippen LogP contribution in [0.4, 0.5) is 10.1 Å². The van der Waals surface area contributed by atoms with Crippen molar-refractivity contribution in [2.75, 3.05) is 19.6 Å². The van der Waals surface area contributed by atoms with Gasteiger partial charge in [0.25, 0.3) is 11.1 Å². The molecule has 1 saturated heterocycles. The highest BCUT2D eigenvalue weighted by Crippen LogP contribution is 2.29. The van der Waals surface area contributed by atoms with Crippen molar-refractivity contribution in [3.63, 3.8) is 0 Å². The summed E-state index contributed by atoms with van der Waals surface area (Å²) in [5.74, 6) is -0.835. The van der Waals surface area contributed by atoms with E-state index < -0.39 is 16.9 Å². The Kier molecular flexibility index (Phi) is 8.20. The standard InChI is InChI=1S/C32H33FN8O4/c1-18(43)40-9-8-35-22(16-40)13-27(34)38-26-11-20(15-39(5)30(26)44)23-6-7-36-29(24(23)17-42)41-31(45)28-19(14-37-41)10-21(12-25(28)33)32(2,3)4/h6-7,10-15,17,35H,8-9,16H2,1-5H3,(H2,34,38)/b22-13-. The van der Waals surface area contributed by atoms with Gasteiger partial charge in [-0.3, -0.25) is 19.2 Å². The van der Waals surface area contributed by atoms with Crippen molar-refractivity contribution in [2.45, 2.75) is 33.1 Å². The minimum absolute atomic E-state index is 0.00225. The van der Waals surface area contributed by atoms with Gasteiger partial charge in [0.1, 0.15) is 17.3 Å². The molecule has 0 spiro atoms. The normalized spacial score (nSPS) is 14.9. The lowest BCUT2D eigenvalue weighted by Crippen LogP contribution is -2.44. The predicted molar refractivity (Wildman–Crippen MR) is 169 cm³/mol. The number of piperazine rings is 1. The van der Waals surface area contributed by atoms with E-state index in [2.05, 4.69) is 20.4 Å². The first kappa shape index (κ1) is 31.0. The van der Waals surface area contributed by atoms with Crippen molar-refractivity contribution in [3.05, 3.63) is 92.3 Å². The Labute approximate surface area is 257 Å². The maximum Gasteiger partial charge on any atom is 0.283 e. The summed E-state index contributed by atoms with van der Waals surface area (Å²) in [6.07, 6.45) is 6.35. The van der Waals surface area contributed by atoms with Gasteiger partial charge in [-0.05, 0) is 40.8 Å². The molecule has 45 heavy (non-hydrogen) atoms. The lowest BCUT2D eigenvalue weighted by atomic mass is 9.86. The first-order valence-electron chi connectivity index (χ1n) is 14.2. The number of hydrogen-bond donors (Lipinski definition) is 2. The van der Waals surface area contributed by atoms with Crippen LogP contribution in [0.5, 0.6) is 0 Å². The van der Waals surface area contributed by atoms with Crippen LogP contribution in [-0.4, -0.2) is 61.9 Å². The second kappa shape index (κ2) is 11.9. The van der Waals surface area contributed by atoms with Gasteiger partial charge in [0, 0.05) is 62.2 Å². The van der Waals surface area contributed by atoms with E-state index in [0.29, 0.717) is 53.7 Å². The van der Waals surface area contributed by atoms with Crippen molar-refractivity contribution < 1.29 is 14.0 Å². The molecule has 0 radical (unpaired) electrons. The molecule has 12 nitrogen and oxygen atoms in total. The fraction of sp³-hybridized carbons (Fsp3) is 0.281. The van der Waals surface area contributed by atoms with E-state index in [0.717, 1.165) is 4.68 Å². The Morgan fingerprint density at radius 2 is 1.93 bits per heavy atom. The zero-order valence-corrected chi connectivity index (χ0v) is 25.6. The Morgan fingerprint density at radius 1 is 1.18 bits per heavy atom. The molecule has 3 aromatic heterocycles. The smallest absolute Gasteiger partial charge is 0.283 e. The average Bonchev–Trinajstić information content (AvgIpc) is 2.98. The van der Waals surface area contributed by atoms with Gasteiger partial charge in [-0.25, -0.2) is 14.4 Å². The van der Waals surface area contributed by atoms with E-state index in [1.54, 1.807) is 23.1 Å². The van der Waals surface area contributed by atoms with Gasteiger partial charge >= 0.3 is 0 Å². The Balaban J connectivity index is 1.59. The van der Waals surface area contributed by atoms with Gasteiger partial charge in [0.2, 0.25) is 5.91 Å². The molecule has 1 aliphatic heterocycles. The molecule has 0 aliphatic carbocycles. The van der Waals surface area contributed by atoms with Crippen LogP contribution in [0.2, 0.25) is 0 Å². The third-order valence-corrected chi connectivity index (χ3v) is 7.58. The number of pyridine rings is 2. The number of halogens is 1. The molecule has 0 unspecified atom stereocenters. The highest BCUT2D eigenvalue weighted by molar-refractivity contribution is 5.95. The fourth-order valence-corrected chi connectivity index (χ4v) is 5.15. The monoisotopic (exact) mass is 612 g/mol. The SMILES string of the molecule is CC(=O)N1CCN/C(=C\C(N)=Nc2cc(-c3ccnc(-n4ncc5cc(C(C)(C)C)cc(F)c5c4=O)c3C=O)cn(C)c2=O)C1. The number of benzene rings is 1. The summed E-state index contributed by atoms with van der Waals surface area (Å²) in [7, 11) is 1.53. The van der Waals surface area contributed by atoms with Crippen LogP contribution in [0.3, 0.4) is 0 Å². The van der Waals surface area contributed by atoms with Crippen LogP contribution in [0.1, 0.15) is 43.6 Å². The number of hydrogen-bond acceptors (Lipinski definition) is 8. The lowest BCUT2D eigenvalue weighted by Gasteiger charge is -2.28. The first-order valence-corrected chi connectivity index (χ1v) is 14.2. The Bertz CT molecular complexity index is 2040. The minimum Gasteiger partial charge on any atom is -0.385 e. The molecule has 1 aliphatic rings. The number of nitrogens with two attached hydrogens (primary N) is 1. The van der Waals surface area contributed by atoms with Crippen LogP contribution < -0.4 is 22.2 Å². The lowest BCUT2D eigenvalue weighted by molar-refractivity contribution is -0.128. The minimum atomic E-state index is -0.774. The van der Waals surface area contributed by atoms with Crippen LogP contribution in [0, 0.1) is 5.82 Å². The molecule has 13 heteroatoms. The number of carbonyl (C=O) groups is 2. The average molecular weight is 613 g/mol. The number of aliphatic imine (C=N–C) groups is 1. The molecule has 3 N–H and O–H groups in total. The summed E-state index contributed by atoms with van der Waals surface area (Å²) in [6, 6.07) is 6.08. The quantitative estimate of drug-likeness (QED) is 0.198. The van der Waals surface area contributed by atoms with Gasteiger partial charge in [0.05, 0.1) is 23.7 Å². The van der Waals surface area contributed by atoms with Crippen molar-refractivity contribution in [1.82, 2.24) is 29.5 Å². The van der Waals surface area contributed by atoms with Crippen molar-refractivity contribution in [3.8, 4) is 16.9 Å². The Hall–Kier alpha value is -5.46. The van der Waals surface area contributed by atoms with Gasteiger partial charge in [-0.2, -0.15) is 9.78 Å². The third-order valence-electron chi connectivity index (χ3n) is 7.58. The molecule has 0 saturated carbocycles. The van der Waals surface area contributed by atoms with E-state index in [9.17, 15) is 19.2 Å². The number of amides is 1. The summed E-state index contributed by atoms with van der Waals surface area (Å²) in [6.45, 7) is 8.74. The highest BCUT2D eigenvalue weighted by Gasteiger charge is 2.22. The zero-order valence-electron chi connectivity index (χ0n) is 25.6. The highest BCUT2D eigenvalue weighted by atomic mass is 19.1. The third kappa shape index (κ3) is 6.14. The largest absolute Gasteiger partial charge is 0.385 e. The zero-order chi connectivity index (χ0) is 32.6. The summed E-state index contributed by atoms with van der Waals surface area (Å²) >= 11 is 0. The molecule has 0 atom stereocenters. The van der Waals surface area contributed by atoms with Crippen LogP contribution in [-0.2, 0) is 17.3 Å². The number of rotatable bonds is 5. The summed E-state index contributed by atoms with van der Waals surface area (Å²) in [4.78, 5) is 61.0. The molecule has 5 rings (SSSR count). The van der Waals surface area contributed by atoms with Gasteiger partial charge in [-0.1, -0.05) is 20.8 Å². The van der Waals surface area contributed by atoms with E-state index in [1.807, 2.05) is 20.8 Å². The number of fused-ring (bicyclic) bond motifs is 1. The fourth-order valence-electron chi connectivity index (χ4n) is 5.15. The molecular formula is C32H33FN8O4. The van der Waals surface area contributed by atoms with Crippen LogP contribution >= 0.6 is 0 Å². The van der Waals surface area contributed by atoms with Gasteiger partial charge < -0.3 is 20.5 Å². The molecule has 1 aromatic carbocycles. The maximum absolute atomic E-state index is 15.3. The summed E-state index contributed by atoms with van der Waals surface area (Å²) < 4.78 is 17.5. The molecule has 4 heterocycles.